The number of aliphatic imine (C=N–C) groups is 1. The van der Waals surface area contributed by atoms with Gasteiger partial charge in [-0.05, 0) is 37.4 Å². The average Bonchev–Trinajstić information content (AvgIpc) is 2.73. The number of para-hydroxylation sites is 1. The summed E-state index contributed by atoms with van der Waals surface area (Å²) >= 11 is 0. The Morgan fingerprint density at radius 3 is 2.48 bits per heavy atom. The van der Waals surface area contributed by atoms with E-state index in [2.05, 4.69) is 58.6 Å². The molecule has 2 aromatic rings. The van der Waals surface area contributed by atoms with E-state index in [1.54, 1.807) is 0 Å². The molecular formula is C21H28N6. The maximum absolute atomic E-state index is 6.27. The topological polar surface area (TPSA) is 82.9 Å². The van der Waals surface area contributed by atoms with Crippen molar-refractivity contribution in [2.45, 2.75) is 12.1 Å². The summed E-state index contributed by atoms with van der Waals surface area (Å²) in [6, 6.07) is 16.5. The van der Waals surface area contributed by atoms with E-state index in [1.165, 1.54) is 5.69 Å². The van der Waals surface area contributed by atoms with Gasteiger partial charge in [-0.2, -0.15) is 0 Å². The van der Waals surface area contributed by atoms with Crippen molar-refractivity contribution in [2.24, 2.45) is 16.5 Å². The minimum atomic E-state index is -0.201. The lowest BCUT2D eigenvalue weighted by Crippen LogP contribution is -2.44. The number of amidine groups is 1. The fourth-order valence-corrected chi connectivity index (χ4v) is 3.73. The molecule has 6 nitrogen and oxygen atoms in total. The van der Waals surface area contributed by atoms with E-state index in [0.717, 1.165) is 48.8 Å². The number of anilines is 2. The van der Waals surface area contributed by atoms with Crippen LogP contribution in [0.1, 0.15) is 17.2 Å². The van der Waals surface area contributed by atoms with Crippen LogP contribution in [0.15, 0.2) is 53.5 Å². The van der Waals surface area contributed by atoms with Crippen molar-refractivity contribution in [3.8, 4) is 0 Å². The summed E-state index contributed by atoms with van der Waals surface area (Å²) in [5.74, 6) is 0.854. The molecule has 0 spiro atoms. The molecule has 2 aliphatic heterocycles. The van der Waals surface area contributed by atoms with Crippen LogP contribution in [0.4, 0.5) is 11.4 Å². The fourth-order valence-electron chi connectivity index (χ4n) is 3.73. The molecule has 2 aliphatic rings. The van der Waals surface area contributed by atoms with Gasteiger partial charge in [-0.25, -0.2) is 0 Å². The van der Waals surface area contributed by atoms with Crippen LogP contribution in [0.3, 0.4) is 0 Å². The van der Waals surface area contributed by atoms with E-state index in [9.17, 15) is 0 Å². The zero-order chi connectivity index (χ0) is 18.8. The molecule has 0 saturated carbocycles. The highest BCUT2D eigenvalue weighted by Gasteiger charge is 2.26. The second kappa shape index (κ2) is 7.68. The van der Waals surface area contributed by atoms with Gasteiger partial charge in [-0.3, -0.25) is 4.99 Å². The summed E-state index contributed by atoms with van der Waals surface area (Å²) in [7, 11) is 2.17. The van der Waals surface area contributed by atoms with Crippen molar-refractivity contribution in [3.05, 3.63) is 59.7 Å². The van der Waals surface area contributed by atoms with Crippen LogP contribution in [0.25, 0.3) is 0 Å². The van der Waals surface area contributed by atoms with E-state index in [0.29, 0.717) is 6.54 Å². The number of benzene rings is 2. The first kappa shape index (κ1) is 18.0. The predicted molar refractivity (Wildman–Crippen MR) is 113 cm³/mol. The van der Waals surface area contributed by atoms with Crippen LogP contribution in [0.2, 0.25) is 0 Å². The molecule has 0 radical (unpaired) electrons. The van der Waals surface area contributed by atoms with Crippen LogP contribution in [0, 0.1) is 0 Å². The van der Waals surface area contributed by atoms with Crippen LogP contribution >= 0.6 is 0 Å². The number of piperazine rings is 1. The van der Waals surface area contributed by atoms with Gasteiger partial charge in [0.15, 0.2) is 0 Å². The molecule has 2 unspecified atom stereocenters. The Morgan fingerprint density at radius 1 is 1.07 bits per heavy atom. The summed E-state index contributed by atoms with van der Waals surface area (Å²) < 4.78 is 0. The van der Waals surface area contributed by atoms with Crippen LogP contribution in [-0.2, 0) is 0 Å². The lowest BCUT2D eigenvalue weighted by atomic mass is 9.96. The van der Waals surface area contributed by atoms with E-state index in [1.807, 2.05) is 12.1 Å². The Bertz CT molecular complexity index is 808. The Balaban J connectivity index is 1.58. The highest BCUT2D eigenvalue weighted by atomic mass is 15.2. The molecule has 142 valence electrons. The standard InChI is InChI=1S/C21H28N6/c1-26-10-12-27(13-11-26)16-8-6-15(7-9-16)21-24-19-5-3-2-4-17(19)20(25-21)18(23)14-22/h2-9,18,20H,10-14,22-23H2,1H3,(H,24,25). The number of nitrogens with one attached hydrogen (secondary N) is 1. The van der Waals surface area contributed by atoms with Gasteiger partial charge >= 0.3 is 0 Å². The number of hydrogen-bond acceptors (Lipinski definition) is 6. The lowest BCUT2D eigenvalue weighted by Gasteiger charge is -2.34. The normalized spacial score (nSPS) is 21.2. The first-order chi connectivity index (χ1) is 13.2. The van der Waals surface area contributed by atoms with Gasteiger partial charge < -0.3 is 26.6 Å². The third kappa shape index (κ3) is 3.69. The minimum Gasteiger partial charge on any atom is -0.369 e. The Labute approximate surface area is 160 Å². The van der Waals surface area contributed by atoms with Crippen molar-refractivity contribution in [3.63, 3.8) is 0 Å². The highest BCUT2D eigenvalue weighted by molar-refractivity contribution is 6.10. The molecule has 0 aliphatic carbocycles. The maximum Gasteiger partial charge on any atom is 0.133 e. The van der Waals surface area contributed by atoms with Gasteiger partial charge in [0.1, 0.15) is 5.84 Å². The predicted octanol–water partition coefficient (Wildman–Crippen LogP) is 1.64. The van der Waals surface area contributed by atoms with Crippen molar-refractivity contribution >= 4 is 17.2 Å². The lowest BCUT2D eigenvalue weighted by molar-refractivity contribution is 0.313. The summed E-state index contributed by atoms with van der Waals surface area (Å²) in [4.78, 5) is 9.69. The second-order valence-electron chi connectivity index (χ2n) is 7.37. The largest absolute Gasteiger partial charge is 0.369 e. The van der Waals surface area contributed by atoms with Crippen molar-refractivity contribution in [1.82, 2.24) is 4.90 Å². The van der Waals surface area contributed by atoms with Crippen molar-refractivity contribution < 1.29 is 0 Å². The van der Waals surface area contributed by atoms with Crippen LogP contribution in [0.5, 0.6) is 0 Å². The molecule has 2 aromatic carbocycles. The average molecular weight is 364 g/mol. The molecule has 0 bridgehead atoms. The summed E-state index contributed by atoms with van der Waals surface area (Å²) in [6.07, 6.45) is 0. The number of hydrogen-bond donors (Lipinski definition) is 3. The molecule has 0 aromatic heterocycles. The first-order valence-corrected chi connectivity index (χ1v) is 9.59. The van der Waals surface area contributed by atoms with E-state index in [-0.39, 0.29) is 12.1 Å². The molecule has 5 N–H and O–H groups in total. The van der Waals surface area contributed by atoms with Gasteiger partial charge in [0, 0.05) is 61.3 Å². The Kier molecular flexibility index (Phi) is 5.11. The van der Waals surface area contributed by atoms with Gasteiger partial charge in [-0.15, -0.1) is 0 Å². The fraction of sp³-hybridized carbons (Fsp3) is 0.381. The minimum absolute atomic E-state index is 0.125. The van der Waals surface area contributed by atoms with E-state index in [4.69, 9.17) is 16.5 Å². The third-order valence-electron chi connectivity index (χ3n) is 5.49. The SMILES string of the molecule is CN1CCN(c2ccc(C3=NC(C(N)CN)c4ccccc4N3)cc2)CC1. The van der Waals surface area contributed by atoms with E-state index < -0.39 is 0 Å². The van der Waals surface area contributed by atoms with Crippen molar-refractivity contribution in [2.75, 3.05) is 50.0 Å². The van der Waals surface area contributed by atoms with E-state index >= 15 is 0 Å². The molecular weight excluding hydrogens is 336 g/mol. The number of nitrogens with two attached hydrogens (primary N) is 2. The summed E-state index contributed by atoms with van der Waals surface area (Å²) in [5.41, 5.74) is 16.6. The molecule has 4 rings (SSSR count). The molecule has 1 saturated heterocycles. The van der Waals surface area contributed by atoms with Gasteiger partial charge in [0.2, 0.25) is 0 Å². The smallest absolute Gasteiger partial charge is 0.133 e. The molecule has 27 heavy (non-hydrogen) atoms. The zero-order valence-electron chi connectivity index (χ0n) is 15.8. The Hall–Kier alpha value is -2.41. The molecule has 2 heterocycles. The number of nitrogens with zero attached hydrogens (tertiary/aromatic N) is 3. The van der Waals surface area contributed by atoms with Crippen LogP contribution < -0.4 is 21.7 Å². The molecule has 0 amide bonds. The van der Waals surface area contributed by atoms with Crippen LogP contribution in [-0.4, -0.2) is 56.5 Å². The number of rotatable bonds is 4. The Morgan fingerprint density at radius 2 is 1.78 bits per heavy atom. The van der Waals surface area contributed by atoms with Gasteiger partial charge in [-0.1, -0.05) is 18.2 Å². The maximum atomic E-state index is 6.27. The second-order valence-corrected chi connectivity index (χ2v) is 7.37. The summed E-state index contributed by atoms with van der Waals surface area (Å²) in [5, 5.41) is 3.46. The molecule has 2 atom stereocenters. The first-order valence-electron chi connectivity index (χ1n) is 9.59. The van der Waals surface area contributed by atoms with Crippen molar-refractivity contribution in [1.29, 1.82) is 0 Å². The third-order valence-corrected chi connectivity index (χ3v) is 5.49. The highest BCUT2D eigenvalue weighted by Crippen LogP contribution is 2.32. The molecule has 1 fully saturated rings. The number of likely N-dealkylation sites (N-methyl/N-ethyl adjacent to an activating group) is 1. The quantitative estimate of drug-likeness (QED) is 0.768. The molecule has 6 heteroatoms. The number of fused-ring (bicyclic) bond motifs is 1. The zero-order valence-corrected chi connectivity index (χ0v) is 15.8. The monoisotopic (exact) mass is 364 g/mol. The summed E-state index contributed by atoms with van der Waals surface area (Å²) in [6.45, 7) is 4.74. The van der Waals surface area contributed by atoms with Gasteiger partial charge in [0.05, 0.1) is 6.04 Å². The van der Waals surface area contributed by atoms with Gasteiger partial charge in [0.25, 0.3) is 0 Å².